The Hall–Kier alpha value is -4.12. The Labute approximate surface area is 223 Å². The lowest BCUT2D eigenvalue weighted by atomic mass is 9.82. The molecule has 4 aromatic rings. The number of aromatic nitrogens is 1. The van der Waals surface area contributed by atoms with E-state index in [1.165, 1.54) is 11.1 Å². The van der Waals surface area contributed by atoms with Gasteiger partial charge in [-0.25, -0.2) is 4.79 Å². The van der Waals surface area contributed by atoms with E-state index in [0.717, 1.165) is 41.3 Å². The number of carbonyl (C=O) groups excluding carboxylic acids is 1. The first kappa shape index (κ1) is 25.5. The number of carbonyl (C=O) groups is 2. The number of carboxylic acid groups (broad SMARTS) is 1. The van der Waals surface area contributed by atoms with Gasteiger partial charge in [-0.1, -0.05) is 72.8 Å². The number of fused-ring (bicyclic) bond motifs is 1. The maximum absolute atomic E-state index is 12.7. The topological polar surface area (TPSA) is 68.5 Å². The van der Waals surface area contributed by atoms with Crippen molar-refractivity contribution in [1.82, 2.24) is 4.57 Å². The minimum absolute atomic E-state index is 0.207. The third-order valence-corrected chi connectivity index (χ3v) is 7.52. The highest BCUT2D eigenvalue weighted by molar-refractivity contribution is 5.98. The highest BCUT2D eigenvalue weighted by Crippen LogP contribution is 2.40. The highest BCUT2D eigenvalue weighted by Gasteiger charge is 2.24. The molecule has 1 aliphatic rings. The van der Waals surface area contributed by atoms with E-state index >= 15 is 0 Å². The summed E-state index contributed by atoms with van der Waals surface area (Å²) < 4.78 is 7.43. The lowest BCUT2D eigenvalue weighted by Gasteiger charge is -2.22. The summed E-state index contributed by atoms with van der Waals surface area (Å²) >= 11 is 0. The molecule has 1 N–H and O–H groups in total. The minimum Gasteiger partial charge on any atom is -0.478 e. The van der Waals surface area contributed by atoms with Crippen molar-refractivity contribution in [2.75, 3.05) is 6.61 Å². The average Bonchev–Trinajstić information content (AvgIpc) is 3.33. The summed E-state index contributed by atoms with van der Waals surface area (Å²) in [4.78, 5) is 24.5. The fraction of sp³-hybridized carbons (Fsp3) is 0.273. The van der Waals surface area contributed by atoms with Crippen LogP contribution in [0.15, 0.2) is 91.1 Å². The fourth-order valence-electron chi connectivity index (χ4n) is 5.62. The van der Waals surface area contributed by atoms with E-state index in [-0.39, 0.29) is 24.0 Å². The van der Waals surface area contributed by atoms with E-state index in [4.69, 9.17) is 4.74 Å². The number of carboxylic acids is 1. The molecule has 5 rings (SSSR count). The normalized spacial score (nSPS) is 16.1. The number of ether oxygens (including phenoxy) is 1. The van der Waals surface area contributed by atoms with Gasteiger partial charge in [0, 0.05) is 28.7 Å². The molecular formula is C33H33NO4. The molecule has 0 fully saturated rings. The maximum Gasteiger partial charge on any atom is 0.335 e. The number of nitrogens with zero attached hydrogens (tertiary/aromatic N) is 1. The third-order valence-electron chi connectivity index (χ3n) is 7.52. The molecule has 0 amide bonds. The van der Waals surface area contributed by atoms with Crippen molar-refractivity contribution < 1.29 is 19.4 Å². The summed E-state index contributed by atoms with van der Waals surface area (Å²) in [5.41, 5.74) is 5.94. The largest absolute Gasteiger partial charge is 0.478 e. The van der Waals surface area contributed by atoms with Gasteiger partial charge in [0.1, 0.15) is 0 Å². The summed E-state index contributed by atoms with van der Waals surface area (Å²) in [6.07, 6.45) is 8.27. The number of aromatic carboxylic acids is 1. The highest BCUT2D eigenvalue weighted by atomic mass is 16.5. The zero-order valence-corrected chi connectivity index (χ0v) is 21.7. The van der Waals surface area contributed by atoms with Crippen LogP contribution in [-0.4, -0.2) is 28.2 Å². The summed E-state index contributed by atoms with van der Waals surface area (Å²) in [7, 11) is 0. The van der Waals surface area contributed by atoms with Gasteiger partial charge in [-0.2, -0.15) is 0 Å². The van der Waals surface area contributed by atoms with Crippen LogP contribution in [0.2, 0.25) is 0 Å². The zero-order chi connectivity index (χ0) is 26.5. The minimum atomic E-state index is -0.964. The molecule has 0 spiro atoms. The fourth-order valence-corrected chi connectivity index (χ4v) is 5.62. The van der Waals surface area contributed by atoms with Gasteiger partial charge < -0.3 is 14.4 Å². The number of benzene rings is 3. The number of hydrogen-bond donors (Lipinski definition) is 1. The van der Waals surface area contributed by atoms with E-state index in [0.29, 0.717) is 18.9 Å². The Bertz CT molecular complexity index is 1450. The molecule has 0 saturated heterocycles. The average molecular weight is 508 g/mol. The monoisotopic (exact) mass is 507 g/mol. The second kappa shape index (κ2) is 11.5. The Kier molecular flexibility index (Phi) is 7.73. The first-order valence-electron chi connectivity index (χ1n) is 13.3. The van der Waals surface area contributed by atoms with Crippen molar-refractivity contribution in [3.63, 3.8) is 0 Å². The molecule has 2 unspecified atom stereocenters. The molecule has 5 nitrogen and oxygen atoms in total. The van der Waals surface area contributed by atoms with Crippen LogP contribution in [-0.2, 0) is 16.0 Å². The SMILES string of the molecule is CCOC(=O)CC(Cc1ccccc1)n1cc(C2=CCC(c3ccccc3)CC2)c2ccc(C(=O)O)cc21. The Morgan fingerprint density at radius 2 is 1.76 bits per heavy atom. The first-order chi connectivity index (χ1) is 18.5. The van der Waals surface area contributed by atoms with Gasteiger partial charge in [0.25, 0.3) is 0 Å². The quantitative estimate of drug-likeness (QED) is 0.239. The van der Waals surface area contributed by atoms with Crippen LogP contribution < -0.4 is 0 Å². The molecule has 0 bridgehead atoms. The van der Waals surface area contributed by atoms with Gasteiger partial charge in [-0.15, -0.1) is 0 Å². The van der Waals surface area contributed by atoms with Crippen molar-refractivity contribution in [3.05, 3.63) is 113 Å². The summed E-state index contributed by atoms with van der Waals surface area (Å²) in [6.45, 7) is 2.14. The summed E-state index contributed by atoms with van der Waals surface area (Å²) in [5, 5.41) is 10.7. The number of rotatable bonds is 9. The van der Waals surface area contributed by atoms with Crippen LogP contribution in [0.5, 0.6) is 0 Å². The van der Waals surface area contributed by atoms with Crippen LogP contribution >= 0.6 is 0 Å². The molecule has 3 aromatic carbocycles. The Morgan fingerprint density at radius 3 is 2.42 bits per heavy atom. The zero-order valence-electron chi connectivity index (χ0n) is 21.7. The molecular weight excluding hydrogens is 474 g/mol. The van der Waals surface area contributed by atoms with Gasteiger partial charge in [-0.3, -0.25) is 4.79 Å². The number of hydrogen-bond acceptors (Lipinski definition) is 3. The molecule has 1 aliphatic carbocycles. The number of allylic oxidation sites excluding steroid dienone is 2. The standard InChI is InChI=1S/C33H33NO4/c1-2-38-32(35)21-28(19-23-9-5-3-6-10-23)34-22-30(29-18-17-27(33(36)37)20-31(29)34)26-15-13-25(14-16-26)24-11-7-4-8-12-24/h3-12,15,17-18,20,22,25,28H,2,13-14,16,19,21H2,1H3,(H,36,37). The van der Waals surface area contributed by atoms with Crippen LogP contribution in [0, 0.1) is 0 Å². The molecule has 5 heteroatoms. The Balaban J connectivity index is 1.56. The molecule has 0 radical (unpaired) electrons. The maximum atomic E-state index is 12.7. The van der Waals surface area contributed by atoms with Gasteiger partial charge in [0.05, 0.1) is 18.6 Å². The molecule has 0 aliphatic heterocycles. The third kappa shape index (κ3) is 5.57. The summed E-state index contributed by atoms with van der Waals surface area (Å²) in [5.74, 6) is -0.718. The molecule has 1 heterocycles. The molecule has 194 valence electrons. The molecule has 38 heavy (non-hydrogen) atoms. The van der Waals surface area contributed by atoms with Crippen LogP contribution in [0.3, 0.4) is 0 Å². The predicted molar refractivity (Wildman–Crippen MR) is 150 cm³/mol. The molecule has 2 atom stereocenters. The first-order valence-corrected chi connectivity index (χ1v) is 13.3. The van der Waals surface area contributed by atoms with Crippen molar-refractivity contribution in [1.29, 1.82) is 0 Å². The van der Waals surface area contributed by atoms with Gasteiger partial charge in [-0.05, 0) is 67.4 Å². The predicted octanol–water partition coefficient (Wildman–Crippen LogP) is 7.43. The van der Waals surface area contributed by atoms with Crippen LogP contribution in [0.1, 0.15) is 71.6 Å². The smallest absolute Gasteiger partial charge is 0.335 e. The van der Waals surface area contributed by atoms with Crippen molar-refractivity contribution in [2.45, 2.75) is 51.0 Å². The van der Waals surface area contributed by atoms with Gasteiger partial charge in [0.15, 0.2) is 0 Å². The lowest BCUT2D eigenvalue weighted by Crippen LogP contribution is -2.18. The van der Waals surface area contributed by atoms with E-state index in [1.807, 2.05) is 31.2 Å². The van der Waals surface area contributed by atoms with E-state index < -0.39 is 5.97 Å². The van der Waals surface area contributed by atoms with Crippen LogP contribution in [0.25, 0.3) is 16.5 Å². The summed E-state index contributed by atoms with van der Waals surface area (Å²) in [6, 6.07) is 25.8. The van der Waals surface area contributed by atoms with Crippen LogP contribution in [0.4, 0.5) is 0 Å². The van der Waals surface area contributed by atoms with Crippen molar-refractivity contribution >= 4 is 28.4 Å². The van der Waals surface area contributed by atoms with Crippen molar-refractivity contribution in [3.8, 4) is 0 Å². The molecule has 1 aromatic heterocycles. The van der Waals surface area contributed by atoms with E-state index in [9.17, 15) is 14.7 Å². The van der Waals surface area contributed by atoms with Crippen molar-refractivity contribution in [2.24, 2.45) is 0 Å². The number of esters is 1. The van der Waals surface area contributed by atoms with Gasteiger partial charge in [0.2, 0.25) is 0 Å². The van der Waals surface area contributed by atoms with Gasteiger partial charge >= 0.3 is 11.9 Å². The lowest BCUT2D eigenvalue weighted by molar-refractivity contribution is -0.144. The Morgan fingerprint density at radius 1 is 1.03 bits per heavy atom. The second-order valence-electron chi connectivity index (χ2n) is 9.95. The van der Waals surface area contributed by atoms with E-state index in [1.54, 1.807) is 12.1 Å². The van der Waals surface area contributed by atoms with E-state index in [2.05, 4.69) is 59.3 Å². The molecule has 0 saturated carbocycles. The second-order valence-corrected chi connectivity index (χ2v) is 9.95.